The molecular weight excluding hydrogens is 339 g/mol. The Morgan fingerprint density at radius 2 is 1.88 bits per heavy atom. The Morgan fingerprint density at radius 1 is 1.19 bits per heavy atom. The first-order valence-electron chi connectivity index (χ1n) is 8.09. The summed E-state index contributed by atoms with van der Waals surface area (Å²) in [5, 5.41) is 2.76. The third-order valence-electron chi connectivity index (χ3n) is 4.03. The van der Waals surface area contributed by atoms with Gasteiger partial charge in [0.15, 0.2) is 6.61 Å². The minimum absolute atomic E-state index is 0.131. The molecule has 0 aromatic heterocycles. The summed E-state index contributed by atoms with van der Waals surface area (Å²) in [6.45, 7) is 1.27. The number of rotatable bonds is 3. The van der Waals surface area contributed by atoms with Crippen molar-refractivity contribution in [2.75, 3.05) is 16.8 Å². The molecule has 0 aliphatic carbocycles. The number of hydrogen-bond donors (Lipinski definition) is 1. The van der Waals surface area contributed by atoms with E-state index in [4.69, 9.17) is 4.74 Å². The number of amides is 2. The number of para-hydroxylation sites is 2. The van der Waals surface area contributed by atoms with Crippen LogP contribution in [0.5, 0.6) is 0 Å². The number of hydrogen-bond acceptors (Lipinski definition) is 4. The second-order valence-corrected chi connectivity index (χ2v) is 5.97. The molecule has 2 amide bonds. The molecule has 0 fully saturated rings. The van der Waals surface area contributed by atoms with Gasteiger partial charge < -0.3 is 15.0 Å². The third kappa shape index (κ3) is 3.72. The number of carbonyl (C=O) groups excluding carboxylic acids is 3. The van der Waals surface area contributed by atoms with E-state index in [1.807, 2.05) is 0 Å². The lowest BCUT2D eigenvalue weighted by molar-refractivity contribution is -0.122. The molecule has 1 aliphatic rings. The van der Waals surface area contributed by atoms with Gasteiger partial charge in [-0.1, -0.05) is 12.1 Å². The van der Waals surface area contributed by atoms with Gasteiger partial charge in [0, 0.05) is 12.5 Å². The molecule has 6 nitrogen and oxygen atoms in total. The van der Waals surface area contributed by atoms with Crippen LogP contribution in [0.2, 0.25) is 0 Å². The summed E-state index contributed by atoms with van der Waals surface area (Å²) in [6.07, 6.45) is 0.131. The third-order valence-corrected chi connectivity index (χ3v) is 4.03. The molecule has 0 saturated carbocycles. The van der Waals surface area contributed by atoms with E-state index < -0.39 is 30.3 Å². The first-order chi connectivity index (χ1) is 12.5. The molecule has 0 spiro atoms. The average molecular weight is 356 g/mol. The molecule has 1 aliphatic heterocycles. The van der Waals surface area contributed by atoms with Crippen molar-refractivity contribution in [1.82, 2.24) is 0 Å². The van der Waals surface area contributed by atoms with E-state index in [0.717, 1.165) is 12.1 Å². The standard InChI is InChI=1S/C19H17FN2O4/c1-12-10-17(23)21-15-4-2-3-5-16(15)22(12)18(24)11-26-19(25)13-6-8-14(20)9-7-13/h2-9,12H,10-11H2,1H3,(H,21,23)/t12-/m0/s1. The van der Waals surface area contributed by atoms with Crippen LogP contribution in [-0.4, -0.2) is 30.4 Å². The van der Waals surface area contributed by atoms with E-state index in [-0.39, 0.29) is 17.9 Å². The van der Waals surface area contributed by atoms with Crippen LogP contribution in [0.1, 0.15) is 23.7 Å². The molecule has 2 aromatic carbocycles. The van der Waals surface area contributed by atoms with Gasteiger partial charge in [-0.25, -0.2) is 9.18 Å². The molecule has 0 bridgehead atoms. The highest BCUT2D eigenvalue weighted by Crippen LogP contribution is 2.31. The number of esters is 1. The van der Waals surface area contributed by atoms with Crippen LogP contribution < -0.4 is 10.2 Å². The van der Waals surface area contributed by atoms with Gasteiger partial charge >= 0.3 is 5.97 Å². The summed E-state index contributed by atoms with van der Waals surface area (Å²) < 4.78 is 18.0. The zero-order chi connectivity index (χ0) is 18.7. The number of fused-ring (bicyclic) bond motifs is 1. The smallest absolute Gasteiger partial charge is 0.338 e. The normalized spacial score (nSPS) is 16.3. The van der Waals surface area contributed by atoms with E-state index in [9.17, 15) is 18.8 Å². The molecule has 0 saturated heterocycles. The summed E-state index contributed by atoms with van der Waals surface area (Å²) >= 11 is 0. The highest BCUT2D eigenvalue weighted by molar-refractivity contribution is 6.05. The fourth-order valence-corrected chi connectivity index (χ4v) is 2.83. The van der Waals surface area contributed by atoms with Crippen LogP contribution in [0.15, 0.2) is 48.5 Å². The van der Waals surface area contributed by atoms with Gasteiger partial charge in [0.25, 0.3) is 5.91 Å². The Bertz CT molecular complexity index is 851. The molecule has 0 radical (unpaired) electrons. The average Bonchev–Trinajstić information content (AvgIpc) is 2.74. The van der Waals surface area contributed by atoms with E-state index in [1.165, 1.54) is 17.0 Å². The first-order valence-corrected chi connectivity index (χ1v) is 8.09. The van der Waals surface area contributed by atoms with Crippen molar-refractivity contribution in [3.8, 4) is 0 Å². The Labute approximate surface area is 149 Å². The van der Waals surface area contributed by atoms with Crippen LogP contribution >= 0.6 is 0 Å². The number of nitrogens with one attached hydrogen (secondary N) is 1. The lowest BCUT2D eigenvalue weighted by Crippen LogP contribution is -2.41. The Hall–Kier alpha value is -3.22. The van der Waals surface area contributed by atoms with Gasteiger partial charge in [-0.15, -0.1) is 0 Å². The topological polar surface area (TPSA) is 75.7 Å². The van der Waals surface area contributed by atoms with E-state index >= 15 is 0 Å². The fraction of sp³-hybridized carbons (Fsp3) is 0.211. The summed E-state index contributed by atoms with van der Waals surface area (Å²) in [5.41, 5.74) is 1.23. The number of anilines is 2. The molecular formula is C19H17FN2O4. The molecule has 134 valence electrons. The van der Waals surface area contributed by atoms with Gasteiger partial charge in [-0.05, 0) is 43.3 Å². The number of benzene rings is 2. The van der Waals surface area contributed by atoms with Gasteiger partial charge in [-0.2, -0.15) is 0 Å². The van der Waals surface area contributed by atoms with Crippen LogP contribution in [0.4, 0.5) is 15.8 Å². The molecule has 3 rings (SSSR count). The minimum atomic E-state index is -0.719. The summed E-state index contributed by atoms with van der Waals surface area (Å²) in [6, 6.07) is 11.4. The molecule has 1 heterocycles. The monoisotopic (exact) mass is 356 g/mol. The maximum absolute atomic E-state index is 12.9. The van der Waals surface area contributed by atoms with E-state index in [0.29, 0.717) is 11.4 Å². The zero-order valence-corrected chi connectivity index (χ0v) is 14.1. The first kappa shape index (κ1) is 17.6. The van der Waals surface area contributed by atoms with Crippen LogP contribution in [-0.2, 0) is 14.3 Å². The number of ether oxygens (including phenoxy) is 1. The number of halogens is 1. The number of nitrogens with zero attached hydrogens (tertiary/aromatic N) is 1. The second kappa shape index (κ2) is 7.35. The van der Waals surface area contributed by atoms with Crippen molar-refractivity contribution in [3.63, 3.8) is 0 Å². The van der Waals surface area contributed by atoms with Gasteiger partial charge in [0.05, 0.1) is 16.9 Å². The predicted octanol–water partition coefficient (Wildman–Crippen LogP) is 2.75. The zero-order valence-electron chi connectivity index (χ0n) is 14.1. The van der Waals surface area contributed by atoms with Gasteiger partial charge in [-0.3, -0.25) is 9.59 Å². The van der Waals surface area contributed by atoms with Gasteiger partial charge in [0.1, 0.15) is 5.82 Å². The molecule has 1 N–H and O–H groups in total. The maximum atomic E-state index is 12.9. The quantitative estimate of drug-likeness (QED) is 0.858. The van der Waals surface area contributed by atoms with Crippen molar-refractivity contribution in [3.05, 3.63) is 59.9 Å². The van der Waals surface area contributed by atoms with Crippen LogP contribution in [0.25, 0.3) is 0 Å². The Kier molecular flexibility index (Phi) is 4.97. The molecule has 26 heavy (non-hydrogen) atoms. The van der Waals surface area contributed by atoms with Crippen molar-refractivity contribution < 1.29 is 23.5 Å². The highest BCUT2D eigenvalue weighted by Gasteiger charge is 2.30. The van der Waals surface area contributed by atoms with Crippen LogP contribution in [0.3, 0.4) is 0 Å². The highest BCUT2D eigenvalue weighted by atomic mass is 19.1. The van der Waals surface area contributed by atoms with Crippen molar-refractivity contribution in [2.45, 2.75) is 19.4 Å². The molecule has 0 unspecified atom stereocenters. The van der Waals surface area contributed by atoms with E-state index in [1.54, 1.807) is 31.2 Å². The second-order valence-electron chi connectivity index (χ2n) is 5.97. The van der Waals surface area contributed by atoms with E-state index in [2.05, 4.69) is 5.32 Å². The maximum Gasteiger partial charge on any atom is 0.338 e. The SMILES string of the molecule is C[C@H]1CC(=O)Nc2ccccc2N1C(=O)COC(=O)c1ccc(F)cc1. The number of carbonyl (C=O) groups is 3. The van der Waals surface area contributed by atoms with Crippen molar-refractivity contribution in [2.24, 2.45) is 0 Å². The van der Waals surface area contributed by atoms with Crippen LogP contribution in [0, 0.1) is 5.82 Å². The van der Waals surface area contributed by atoms with Gasteiger partial charge in [0.2, 0.25) is 5.91 Å². The molecule has 1 atom stereocenters. The molecule has 2 aromatic rings. The lowest BCUT2D eigenvalue weighted by atomic mass is 10.1. The predicted molar refractivity (Wildman–Crippen MR) is 93.3 cm³/mol. The fourth-order valence-electron chi connectivity index (χ4n) is 2.83. The Morgan fingerprint density at radius 3 is 2.62 bits per heavy atom. The summed E-state index contributed by atoms with van der Waals surface area (Å²) in [5.74, 6) is -1.83. The molecule has 7 heteroatoms. The van der Waals surface area contributed by atoms with Crippen molar-refractivity contribution >= 4 is 29.2 Å². The summed E-state index contributed by atoms with van der Waals surface area (Å²) in [7, 11) is 0. The Balaban J connectivity index is 1.75. The lowest BCUT2D eigenvalue weighted by Gasteiger charge is -2.27. The van der Waals surface area contributed by atoms with Crippen molar-refractivity contribution in [1.29, 1.82) is 0 Å². The summed E-state index contributed by atoms with van der Waals surface area (Å²) in [4.78, 5) is 38.1. The minimum Gasteiger partial charge on any atom is -0.452 e. The largest absolute Gasteiger partial charge is 0.452 e.